The van der Waals surface area contributed by atoms with Gasteiger partial charge in [-0.2, -0.15) is 8.78 Å². The highest BCUT2D eigenvalue weighted by Gasteiger charge is 2.48. The molecule has 0 aliphatic carbocycles. The van der Waals surface area contributed by atoms with Crippen LogP contribution in [0, 0.1) is 0 Å². The largest absolute Gasteiger partial charge is 0.466 e. The molecule has 0 amide bonds. The van der Waals surface area contributed by atoms with E-state index in [-0.39, 0.29) is 5.57 Å². The Balaban J connectivity index is 0. The molecule has 104 valence electrons. The fourth-order valence-electron chi connectivity index (χ4n) is 0.524. The van der Waals surface area contributed by atoms with Gasteiger partial charge in [0.05, 0.1) is 0 Å². The van der Waals surface area contributed by atoms with E-state index in [1.807, 2.05) is 0 Å². The predicted molar refractivity (Wildman–Crippen MR) is 49.5 cm³/mol. The number of phosphoric acid groups is 1. The molecule has 4 nitrogen and oxygen atoms in total. The summed E-state index contributed by atoms with van der Waals surface area (Å²) in [5, 5.41) is 0. The maximum atomic E-state index is 12.4. The normalized spacial score (nSPS) is 13.8. The molecule has 0 heterocycles. The summed E-state index contributed by atoms with van der Waals surface area (Å²) in [5.41, 5.74) is 0.239. The number of hydrogen-bond donors (Lipinski definition) is 3. The van der Waals surface area contributed by atoms with E-state index in [0.717, 1.165) is 0 Å². The Labute approximate surface area is 94.0 Å². The minimum Gasteiger partial charge on any atom is -0.303 e. The summed E-state index contributed by atoms with van der Waals surface area (Å²) in [6, 6.07) is 0. The SMILES string of the molecule is CC(C)=CC(F)C(F)(F)C(F)F.O=P(O)(O)O. The van der Waals surface area contributed by atoms with Gasteiger partial charge in [-0.15, -0.1) is 0 Å². The van der Waals surface area contributed by atoms with Crippen LogP contribution in [0.25, 0.3) is 0 Å². The van der Waals surface area contributed by atoms with Crippen LogP contribution in [-0.2, 0) is 4.57 Å². The minimum atomic E-state index is -4.64. The van der Waals surface area contributed by atoms with Crippen LogP contribution in [0.2, 0.25) is 0 Å². The van der Waals surface area contributed by atoms with Crippen LogP contribution in [-0.4, -0.2) is 33.2 Å². The Morgan fingerprint density at radius 1 is 1.18 bits per heavy atom. The summed E-state index contributed by atoms with van der Waals surface area (Å²) in [6.45, 7) is 2.71. The molecule has 0 aliphatic heterocycles. The summed E-state index contributed by atoms with van der Waals surface area (Å²) >= 11 is 0. The first-order valence-electron chi connectivity index (χ1n) is 4.01. The zero-order valence-corrected chi connectivity index (χ0v) is 9.71. The zero-order valence-electron chi connectivity index (χ0n) is 8.82. The average molecular weight is 286 g/mol. The van der Waals surface area contributed by atoms with Gasteiger partial charge < -0.3 is 14.7 Å². The molecule has 0 aromatic carbocycles. The highest BCUT2D eigenvalue weighted by molar-refractivity contribution is 7.45. The molecule has 1 atom stereocenters. The fourth-order valence-corrected chi connectivity index (χ4v) is 0.524. The lowest BCUT2D eigenvalue weighted by atomic mass is 10.1. The van der Waals surface area contributed by atoms with Gasteiger partial charge in [-0.05, 0) is 19.9 Å². The van der Waals surface area contributed by atoms with Crippen molar-refractivity contribution in [2.75, 3.05) is 0 Å². The number of allylic oxidation sites excluding steroid dienone is 2. The van der Waals surface area contributed by atoms with E-state index in [0.29, 0.717) is 6.08 Å². The van der Waals surface area contributed by atoms with Crippen LogP contribution < -0.4 is 0 Å². The molecule has 0 spiro atoms. The minimum absolute atomic E-state index is 0.239. The number of halogens is 5. The van der Waals surface area contributed by atoms with Crippen LogP contribution in [0.3, 0.4) is 0 Å². The monoisotopic (exact) mass is 286 g/mol. The number of alkyl halides is 5. The van der Waals surface area contributed by atoms with Gasteiger partial charge in [-0.25, -0.2) is 17.7 Å². The summed E-state index contributed by atoms with van der Waals surface area (Å²) in [4.78, 5) is 21.6. The first-order chi connectivity index (χ1) is 7.28. The third-order valence-electron chi connectivity index (χ3n) is 1.14. The van der Waals surface area contributed by atoms with E-state index in [2.05, 4.69) is 0 Å². The molecule has 0 rings (SSSR count). The summed E-state index contributed by atoms with van der Waals surface area (Å²) in [7, 11) is -4.64. The smallest absolute Gasteiger partial charge is 0.303 e. The van der Waals surface area contributed by atoms with Crippen molar-refractivity contribution in [1.82, 2.24) is 0 Å². The summed E-state index contributed by atoms with van der Waals surface area (Å²) < 4.78 is 68.5. The Morgan fingerprint density at radius 2 is 1.47 bits per heavy atom. The molecule has 0 fully saturated rings. The second-order valence-electron chi connectivity index (χ2n) is 3.13. The summed E-state index contributed by atoms with van der Waals surface area (Å²) in [5.74, 6) is -4.59. The first-order valence-corrected chi connectivity index (χ1v) is 5.58. The van der Waals surface area contributed by atoms with Crippen LogP contribution >= 0.6 is 7.82 Å². The molecule has 10 heteroatoms. The third kappa shape index (κ3) is 11.8. The maximum Gasteiger partial charge on any atom is 0.466 e. The van der Waals surface area contributed by atoms with Gasteiger partial charge in [0, 0.05) is 0 Å². The van der Waals surface area contributed by atoms with Gasteiger partial charge in [0.2, 0.25) is 0 Å². The predicted octanol–water partition coefficient (Wildman–Crippen LogP) is 2.26. The van der Waals surface area contributed by atoms with E-state index in [1.165, 1.54) is 13.8 Å². The van der Waals surface area contributed by atoms with Crippen LogP contribution in [0.4, 0.5) is 22.0 Å². The first kappa shape index (κ1) is 18.9. The van der Waals surface area contributed by atoms with Crippen molar-refractivity contribution in [3.05, 3.63) is 11.6 Å². The second kappa shape index (κ2) is 7.05. The van der Waals surface area contributed by atoms with Crippen molar-refractivity contribution in [2.24, 2.45) is 0 Å². The quantitative estimate of drug-likeness (QED) is 0.422. The molecule has 0 aromatic heterocycles. The van der Waals surface area contributed by atoms with Gasteiger partial charge in [-0.1, -0.05) is 5.57 Å². The van der Waals surface area contributed by atoms with Gasteiger partial charge in [-0.3, -0.25) is 0 Å². The number of hydrogen-bond acceptors (Lipinski definition) is 1. The van der Waals surface area contributed by atoms with Crippen molar-refractivity contribution in [3.63, 3.8) is 0 Å². The maximum absolute atomic E-state index is 12.4. The van der Waals surface area contributed by atoms with E-state index < -0.39 is 26.3 Å². The Bertz CT molecular complexity index is 288. The molecule has 0 aromatic rings. The van der Waals surface area contributed by atoms with E-state index in [9.17, 15) is 22.0 Å². The standard InChI is InChI=1S/C7H9F5.H3O4P/c1-4(2)3-5(8)7(11,12)6(9)10;1-5(2,3)4/h3,5-6H,1-2H3;(H3,1,2,3,4). The number of rotatable bonds is 3. The molecule has 0 saturated heterocycles. The van der Waals surface area contributed by atoms with Crippen molar-refractivity contribution in [1.29, 1.82) is 0 Å². The Kier molecular flexibility index (Phi) is 7.82. The van der Waals surface area contributed by atoms with Gasteiger partial charge in [0.15, 0.2) is 6.17 Å². The molecular weight excluding hydrogens is 274 g/mol. The molecule has 3 N–H and O–H groups in total. The van der Waals surface area contributed by atoms with Gasteiger partial charge >= 0.3 is 20.2 Å². The van der Waals surface area contributed by atoms with Gasteiger partial charge in [0.1, 0.15) is 0 Å². The fraction of sp³-hybridized carbons (Fsp3) is 0.714. The highest BCUT2D eigenvalue weighted by atomic mass is 31.2. The molecule has 1 unspecified atom stereocenters. The Hall–Kier alpha value is -0.500. The average Bonchev–Trinajstić information content (AvgIpc) is 1.98. The van der Waals surface area contributed by atoms with E-state index in [4.69, 9.17) is 19.2 Å². The van der Waals surface area contributed by atoms with Gasteiger partial charge in [0.25, 0.3) is 0 Å². The Morgan fingerprint density at radius 3 is 1.65 bits per heavy atom. The van der Waals surface area contributed by atoms with Crippen LogP contribution in [0.15, 0.2) is 11.6 Å². The molecule has 0 bridgehead atoms. The highest BCUT2D eigenvalue weighted by Crippen LogP contribution is 2.30. The third-order valence-corrected chi connectivity index (χ3v) is 1.14. The van der Waals surface area contributed by atoms with Crippen molar-refractivity contribution >= 4 is 7.82 Å². The van der Waals surface area contributed by atoms with Crippen molar-refractivity contribution in [2.45, 2.75) is 32.4 Å². The summed E-state index contributed by atoms with van der Waals surface area (Å²) in [6.07, 6.45) is -6.41. The van der Waals surface area contributed by atoms with Crippen LogP contribution in [0.5, 0.6) is 0 Å². The van der Waals surface area contributed by atoms with Crippen molar-refractivity contribution < 1.29 is 41.2 Å². The lowest BCUT2D eigenvalue weighted by molar-refractivity contribution is -0.158. The van der Waals surface area contributed by atoms with Crippen LogP contribution in [0.1, 0.15) is 13.8 Å². The lowest BCUT2D eigenvalue weighted by Crippen LogP contribution is -2.36. The topological polar surface area (TPSA) is 77.8 Å². The second-order valence-corrected chi connectivity index (χ2v) is 4.16. The lowest BCUT2D eigenvalue weighted by Gasteiger charge is -2.17. The molecular formula is C7H12F5O4P. The van der Waals surface area contributed by atoms with E-state index >= 15 is 0 Å². The molecule has 17 heavy (non-hydrogen) atoms. The molecule has 0 saturated carbocycles. The molecule has 0 aliphatic rings. The van der Waals surface area contributed by atoms with Crippen molar-refractivity contribution in [3.8, 4) is 0 Å². The van der Waals surface area contributed by atoms with E-state index in [1.54, 1.807) is 0 Å². The molecule has 0 radical (unpaired) electrons. The zero-order chi connectivity index (χ0) is 14.4.